The largest absolute Gasteiger partial charge is 0.349 e. The van der Waals surface area contributed by atoms with Gasteiger partial charge in [0, 0.05) is 41.9 Å². The Morgan fingerprint density at radius 2 is 1.55 bits per heavy atom. The SMILES string of the molecule is Cc1ccc(C(=O)N2CCC(NC(=O)c3cccc(NC(=O)C4CCCCC4)c3)CC2)cc1. The molecule has 0 atom stereocenters. The molecule has 2 aliphatic rings. The summed E-state index contributed by atoms with van der Waals surface area (Å²) in [6.45, 7) is 3.24. The summed E-state index contributed by atoms with van der Waals surface area (Å²) in [4.78, 5) is 39.9. The predicted octanol–water partition coefficient (Wildman–Crippen LogP) is 4.55. The second-order valence-corrected chi connectivity index (χ2v) is 9.31. The highest BCUT2D eigenvalue weighted by atomic mass is 16.2. The molecule has 2 aromatic carbocycles. The van der Waals surface area contributed by atoms with Crippen molar-refractivity contribution in [3.63, 3.8) is 0 Å². The fourth-order valence-electron chi connectivity index (χ4n) is 4.72. The van der Waals surface area contributed by atoms with Crippen LogP contribution in [0.2, 0.25) is 0 Å². The van der Waals surface area contributed by atoms with E-state index in [4.69, 9.17) is 0 Å². The van der Waals surface area contributed by atoms with Crippen molar-refractivity contribution in [2.24, 2.45) is 5.92 Å². The molecule has 6 heteroatoms. The first-order valence-electron chi connectivity index (χ1n) is 12.1. The topological polar surface area (TPSA) is 78.5 Å². The maximum absolute atomic E-state index is 12.8. The van der Waals surface area contributed by atoms with Crippen LogP contribution in [-0.4, -0.2) is 41.8 Å². The number of aryl methyl sites for hydroxylation is 1. The zero-order valence-electron chi connectivity index (χ0n) is 19.3. The van der Waals surface area contributed by atoms with E-state index < -0.39 is 0 Å². The number of likely N-dealkylation sites (tertiary alicyclic amines) is 1. The van der Waals surface area contributed by atoms with Crippen LogP contribution < -0.4 is 10.6 Å². The molecule has 2 aromatic rings. The van der Waals surface area contributed by atoms with E-state index in [-0.39, 0.29) is 29.7 Å². The van der Waals surface area contributed by atoms with Crippen LogP contribution in [0.25, 0.3) is 0 Å². The number of benzene rings is 2. The monoisotopic (exact) mass is 447 g/mol. The van der Waals surface area contributed by atoms with Gasteiger partial charge in [0.2, 0.25) is 5.91 Å². The van der Waals surface area contributed by atoms with Gasteiger partial charge >= 0.3 is 0 Å². The maximum atomic E-state index is 12.8. The maximum Gasteiger partial charge on any atom is 0.253 e. The first-order chi connectivity index (χ1) is 16.0. The van der Waals surface area contributed by atoms with Crippen molar-refractivity contribution in [1.29, 1.82) is 0 Å². The summed E-state index contributed by atoms with van der Waals surface area (Å²) < 4.78 is 0. The fourth-order valence-corrected chi connectivity index (χ4v) is 4.72. The Morgan fingerprint density at radius 3 is 2.24 bits per heavy atom. The number of carbonyl (C=O) groups excluding carboxylic acids is 3. The highest BCUT2D eigenvalue weighted by Crippen LogP contribution is 2.25. The van der Waals surface area contributed by atoms with Crippen molar-refractivity contribution in [1.82, 2.24) is 10.2 Å². The Hall–Kier alpha value is -3.15. The Morgan fingerprint density at radius 1 is 0.848 bits per heavy atom. The predicted molar refractivity (Wildman–Crippen MR) is 129 cm³/mol. The van der Waals surface area contributed by atoms with Gasteiger partial charge < -0.3 is 15.5 Å². The van der Waals surface area contributed by atoms with Gasteiger partial charge in [-0.25, -0.2) is 0 Å². The third-order valence-corrected chi connectivity index (χ3v) is 6.78. The molecule has 0 bridgehead atoms. The van der Waals surface area contributed by atoms with Crippen LogP contribution in [0.5, 0.6) is 0 Å². The Labute approximate surface area is 195 Å². The molecule has 1 saturated heterocycles. The molecule has 1 saturated carbocycles. The molecule has 0 unspecified atom stereocenters. The minimum Gasteiger partial charge on any atom is -0.349 e. The van der Waals surface area contributed by atoms with Gasteiger partial charge in [-0.3, -0.25) is 14.4 Å². The van der Waals surface area contributed by atoms with Crippen LogP contribution >= 0.6 is 0 Å². The van der Waals surface area contributed by atoms with Gasteiger partial charge in [-0.1, -0.05) is 43.0 Å². The number of nitrogens with one attached hydrogen (secondary N) is 2. The van der Waals surface area contributed by atoms with Crippen LogP contribution in [0.4, 0.5) is 5.69 Å². The average Bonchev–Trinajstić information content (AvgIpc) is 2.85. The van der Waals surface area contributed by atoms with E-state index in [1.807, 2.05) is 42.2 Å². The van der Waals surface area contributed by atoms with E-state index in [1.165, 1.54) is 6.42 Å². The van der Waals surface area contributed by atoms with Crippen LogP contribution in [0.1, 0.15) is 71.2 Å². The first kappa shape index (κ1) is 23.0. The molecule has 174 valence electrons. The summed E-state index contributed by atoms with van der Waals surface area (Å²) in [5.41, 5.74) is 3.03. The molecular weight excluding hydrogens is 414 g/mol. The summed E-state index contributed by atoms with van der Waals surface area (Å²) in [5, 5.41) is 6.08. The Balaban J connectivity index is 1.28. The summed E-state index contributed by atoms with van der Waals surface area (Å²) in [7, 11) is 0. The lowest BCUT2D eigenvalue weighted by atomic mass is 9.88. The second-order valence-electron chi connectivity index (χ2n) is 9.31. The molecule has 0 aromatic heterocycles. The zero-order chi connectivity index (χ0) is 23.2. The molecule has 1 aliphatic carbocycles. The van der Waals surface area contributed by atoms with E-state index in [9.17, 15) is 14.4 Å². The number of carbonyl (C=O) groups is 3. The van der Waals surface area contributed by atoms with Crippen molar-refractivity contribution < 1.29 is 14.4 Å². The van der Waals surface area contributed by atoms with Crippen LogP contribution in [0.3, 0.4) is 0 Å². The van der Waals surface area contributed by atoms with Crippen molar-refractivity contribution >= 4 is 23.4 Å². The van der Waals surface area contributed by atoms with Gasteiger partial charge in [0.25, 0.3) is 11.8 Å². The Kier molecular flexibility index (Phi) is 7.43. The van der Waals surface area contributed by atoms with Gasteiger partial charge in [-0.05, 0) is 62.9 Å². The van der Waals surface area contributed by atoms with Crippen molar-refractivity contribution in [3.05, 3.63) is 65.2 Å². The minimum absolute atomic E-state index is 0.0278. The van der Waals surface area contributed by atoms with E-state index in [1.54, 1.807) is 18.2 Å². The molecule has 2 N–H and O–H groups in total. The molecule has 0 radical (unpaired) electrons. The summed E-state index contributed by atoms with van der Waals surface area (Å²) in [6.07, 6.45) is 6.75. The molecular formula is C27H33N3O3. The quantitative estimate of drug-likeness (QED) is 0.706. The highest BCUT2D eigenvalue weighted by Gasteiger charge is 2.25. The lowest BCUT2D eigenvalue weighted by Crippen LogP contribution is -2.46. The van der Waals surface area contributed by atoms with Gasteiger partial charge in [0.15, 0.2) is 0 Å². The summed E-state index contributed by atoms with van der Waals surface area (Å²) in [5.74, 6) is 0.0233. The fraction of sp³-hybridized carbons (Fsp3) is 0.444. The van der Waals surface area contributed by atoms with Crippen LogP contribution in [-0.2, 0) is 4.79 Å². The number of hydrogen-bond acceptors (Lipinski definition) is 3. The Bertz CT molecular complexity index is 988. The van der Waals surface area contributed by atoms with Crippen LogP contribution in [0, 0.1) is 12.8 Å². The lowest BCUT2D eigenvalue weighted by molar-refractivity contribution is -0.120. The molecule has 33 heavy (non-hydrogen) atoms. The standard InChI is InChI=1S/C27H33N3O3/c1-19-10-12-21(13-11-19)27(33)30-16-14-23(15-17-30)28-26(32)22-8-5-9-24(18-22)29-25(31)20-6-3-2-4-7-20/h5,8-13,18,20,23H,2-4,6-7,14-17H2,1H3,(H,28,32)(H,29,31). The number of hydrogen-bond donors (Lipinski definition) is 2. The second kappa shape index (κ2) is 10.6. The number of anilines is 1. The smallest absolute Gasteiger partial charge is 0.253 e. The van der Waals surface area contributed by atoms with Gasteiger partial charge in [0.05, 0.1) is 0 Å². The summed E-state index contributed by atoms with van der Waals surface area (Å²) >= 11 is 0. The number of amides is 3. The van der Waals surface area contributed by atoms with Crippen LogP contribution in [0.15, 0.2) is 48.5 Å². The molecule has 3 amide bonds. The number of rotatable bonds is 5. The molecule has 1 heterocycles. The zero-order valence-corrected chi connectivity index (χ0v) is 19.3. The van der Waals surface area contributed by atoms with Gasteiger partial charge in [-0.2, -0.15) is 0 Å². The molecule has 0 spiro atoms. The summed E-state index contributed by atoms with van der Waals surface area (Å²) in [6, 6.07) is 14.8. The van der Waals surface area contributed by atoms with Crippen molar-refractivity contribution in [3.8, 4) is 0 Å². The number of nitrogens with zero attached hydrogens (tertiary/aromatic N) is 1. The lowest BCUT2D eigenvalue weighted by Gasteiger charge is -2.32. The van der Waals surface area contributed by atoms with Gasteiger partial charge in [0.1, 0.15) is 0 Å². The van der Waals surface area contributed by atoms with Gasteiger partial charge in [-0.15, -0.1) is 0 Å². The van der Waals surface area contributed by atoms with E-state index in [0.717, 1.165) is 44.1 Å². The van der Waals surface area contributed by atoms with E-state index in [0.29, 0.717) is 29.9 Å². The minimum atomic E-state index is -0.146. The number of piperidine rings is 1. The van der Waals surface area contributed by atoms with E-state index in [2.05, 4.69) is 10.6 Å². The third kappa shape index (κ3) is 6.01. The average molecular weight is 448 g/mol. The molecule has 4 rings (SSSR count). The third-order valence-electron chi connectivity index (χ3n) is 6.78. The molecule has 1 aliphatic heterocycles. The first-order valence-corrected chi connectivity index (χ1v) is 12.1. The normalized spacial score (nSPS) is 17.4. The molecule has 6 nitrogen and oxygen atoms in total. The molecule has 2 fully saturated rings. The van der Waals surface area contributed by atoms with Crippen molar-refractivity contribution in [2.75, 3.05) is 18.4 Å². The van der Waals surface area contributed by atoms with Crippen molar-refractivity contribution in [2.45, 2.75) is 57.9 Å². The van der Waals surface area contributed by atoms with E-state index >= 15 is 0 Å². The highest BCUT2D eigenvalue weighted by molar-refractivity contribution is 5.98.